The smallest absolute Gasteiger partial charge is 0.244 e. The number of fused-ring (bicyclic) bond motifs is 5. The minimum Gasteiger partial charge on any atom is -0.457 e. The normalized spacial score (nSPS) is 26.2. The highest BCUT2D eigenvalue weighted by molar-refractivity contribution is 6.09. The molecule has 1 aliphatic heterocycles. The Kier molecular flexibility index (Phi) is 4.42. The van der Waals surface area contributed by atoms with Crippen molar-refractivity contribution in [1.29, 1.82) is 0 Å². The van der Waals surface area contributed by atoms with Gasteiger partial charge in [0.15, 0.2) is 0 Å². The second kappa shape index (κ2) is 7.13. The summed E-state index contributed by atoms with van der Waals surface area (Å²) < 4.78 is 5.81. The molecule has 2 fully saturated rings. The molecule has 30 heavy (non-hydrogen) atoms. The minimum atomic E-state index is -0.385. The van der Waals surface area contributed by atoms with Crippen molar-refractivity contribution in [2.45, 2.75) is 13.3 Å². The van der Waals surface area contributed by atoms with Crippen molar-refractivity contribution in [2.75, 3.05) is 11.9 Å². The molecule has 2 aliphatic carbocycles. The van der Waals surface area contributed by atoms with E-state index in [0.717, 1.165) is 22.6 Å². The van der Waals surface area contributed by atoms with Crippen LogP contribution in [0.15, 0.2) is 60.7 Å². The fraction of sp³-hybridized carbons (Fsp3) is 0.292. The van der Waals surface area contributed by atoms with E-state index in [2.05, 4.69) is 5.32 Å². The molecule has 152 valence electrons. The van der Waals surface area contributed by atoms with Gasteiger partial charge in [0.1, 0.15) is 18.0 Å². The van der Waals surface area contributed by atoms with E-state index in [1.54, 1.807) is 24.3 Å². The molecular formula is C24H22N2O4. The summed E-state index contributed by atoms with van der Waals surface area (Å²) in [6.45, 7) is 1.75. The number of likely N-dealkylation sites (tertiary alicyclic amines) is 1. The van der Waals surface area contributed by atoms with E-state index in [1.807, 2.05) is 43.3 Å². The van der Waals surface area contributed by atoms with Crippen LogP contribution >= 0.6 is 0 Å². The minimum absolute atomic E-state index is 0.144. The molecule has 4 atom stereocenters. The number of ether oxygens (including phenoxy) is 1. The summed E-state index contributed by atoms with van der Waals surface area (Å²) in [5, 5.41) is 2.76. The Morgan fingerprint density at radius 3 is 2.30 bits per heavy atom. The number of carbonyl (C=O) groups excluding carboxylic acids is 3. The van der Waals surface area contributed by atoms with Crippen molar-refractivity contribution in [3.63, 3.8) is 0 Å². The third-order valence-corrected chi connectivity index (χ3v) is 6.23. The lowest BCUT2D eigenvalue weighted by molar-refractivity contribution is -0.143. The quantitative estimate of drug-likeness (QED) is 0.613. The molecule has 6 nitrogen and oxygen atoms in total. The van der Waals surface area contributed by atoms with Crippen molar-refractivity contribution in [3.05, 3.63) is 66.2 Å². The van der Waals surface area contributed by atoms with Gasteiger partial charge < -0.3 is 10.1 Å². The monoisotopic (exact) mass is 402 g/mol. The van der Waals surface area contributed by atoms with E-state index in [1.165, 1.54) is 0 Å². The summed E-state index contributed by atoms with van der Waals surface area (Å²) in [4.78, 5) is 39.0. The van der Waals surface area contributed by atoms with Gasteiger partial charge in [-0.05, 0) is 67.1 Å². The first kappa shape index (κ1) is 18.6. The molecule has 1 saturated heterocycles. The molecule has 2 aromatic carbocycles. The Bertz CT molecular complexity index is 1030. The van der Waals surface area contributed by atoms with Crippen molar-refractivity contribution >= 4 is 23.4 Å². The number of hydrogen-bond acceptors (Lipinski definition) is 4. The van der Waals surface area contributed by atoms with E-state index < -0.39 is 0 Å². The average Bonchev–Trinajstić information content (AvgIpc) is 3.40. The van der Waals surface area contributed by atoms with Gasteiger partial charge in [-0.1, -0.05) is 24.3 Å². The summed E-state index contributed by atoms with van der Waals surface area (Å²) >= 11 is 0. The largest absolute Gasteiger partial charge is 0.457 e. The summed E-state index contributed by atoms with van der Waals surface area (Å²) in [6, 6.07) is 14.7. The van der Waals surface area contributed by atoms with Crippen molar-refractivity contribution in [3.8, 4) is 11.5 Å². The van der Waals surface area contributed by atoms with Crippen LogP contribution in [0.2, 0.25) is 0 Å². The van der Waals surface area contributed by atoms with Crippen molar-refractivity contribution in [2.24, 2.45) is 23.7 Å². The van der Waals surface area contributed by atoms with Gasteiger partial charge >= 0.3 is 0 Å². The number of anilines is 1. The predicted octanol–water partition coefficient (Wildman–Crippen LogP) is 3.53. The highest BCUT2D eigenvalue weighted by atomic mass is 16.5. The molecule has 0 aromatic heterocycles. The van der Waals surface area contributed by atoms with Crippen LogP contribution in [0.25, 0.3) is 0 Å². The number of aryl methyl sites for hydroxylation is 1. The second-order valence-corrected chi connectivity index (χ2v) is 8.25. The SMILES string of the molecule is Cc1cccc(Oc2ccc(NC(=O)CN3C(=O)C4C5C=CC(C5)C4C3=O)cc2)c1. The van der Waals surface area contributed by atoms with Gasteiger partial charge in [0.05, 0.1) is 11.8 Å². The summed E-state index contributed by atoms with van der Waals surface area (Å²) in [6.07, 6.45) is 4.96. The molecule has 2 bridgehead atoms. The third-order valence-electron chi connectivity index (χ3n) is 6.23. The lowest BCUT2D eigenvalue weighted by Gasteiger charge is -2.17. The van der Waals surface area contributed by atoms with Crippen molar-refractivity contribution < 1.29 is 19.1 Å². The number of rotatable bonds is 5. The second-order valence-electron chi connectivity index (χ2n) is 8.25. The number of amides is 3. The highest BCUT2D eigenvalue weighted by Crippen LogP contribution is 2.52. The predicted molar refractivity (Wildman–Crippen MR) is 111 cm³/mol. The molecule has 2 aromatic rings. The highest BCUT2D eigenvalue weighted by Gasteiger charge is 2.59. The molecule has 1 heterocycles. The van der Waals surface area contributed by atoms with Crippen LogP contribution in [0.5, 0.6) is 11.5 Å². The van der Waals surface area contributed by atoms with Crippen LogP contribution in [0.3, 0.4) is 0 Å². The zero-order valence-corrected chi connectivity index (χ0v) is 16.6. The Hall–Kier alpha value is -3.41. The number of allylic oxidation sites excluding steroid dienone is 2. The molecule has 0 spiro atoms. The van der Waals surface area contributed by atoms with E-state index in [0.29, 0.717) is 11.4 Å². The number of carbonyl (C=O) groups is 3. The standard InChI is InChI=1S/C24H22N2O4/c1-14-3-2-4-19(11-14)30-18-9-7-17(8-10-18)25-20(27)13-26-23(28)21-15-5-6-16(12-15)22(21)24(26)29/h2-11,15-16,21-22H,12-13H2,1H3,(H,25,27). The van der Waals surface area contributed by atoms with Crippen LogP contribution in [-0.4, -0.2) is 29.2 Å². The first-order valence-corrected chi connectivity index (χ1v) is 10.2. The molecule has 5 rings (SSSR count). The molecule has 3 amide bonds. The molecule has 0 radical (unpaired) electrons. The number of benzene rings is 2. The lowest BCUT2D eigenvalue weighted by Crippen LogP contribution is -2.39. The molecular weight excluding hydrogens is 380 g/mol. The van der Waals surface area contributed by atoms with Crippen LogP contribution < -0.4 is 10.1 Å². The summed E-state index contributed by atoms with van der Waals surface area (Å²) in [5.41, 5.74) is 1.69. The molecule has 4 unspecified atom stereocenters. The van der Waals surface area contributed by atoms with Gasteiger partial charge in [0, 0.05) is 5.69 Å². The van der Waals surface area contributed by atoms with Gasteiger partial charge in [0.2, 0.25) is 17.7 Å². The number of nitrogens with one attached hydrogen (secondary N) is 1. The summed E-state index contributed by atoms with van der Waals surface area (Å²) in [7, 11) is 0. The van der Waals surface area contributed by atoms with Gasteiger partial charge in [-0.3, -0.25) is 19.3 Å². The third kappa shape index (κ3) is 3.18. The van der Waals surface area contributed by atoms with E-state index in [-0.39, 0.29) is 47.9 Å². The molecule has 6 heteroatoms. The van der Waals surface area contributed by atoms with E-state index in [9.17, 15) is 14.4 Å². The first-order valence-electron chi connectivity index (χ1n) is 10.2. The maximum atomic E-state index is 12.7. The fourth-order valence-electron chi connectivity index (χ4n) is 4.89. The Morgan fingerprint density at radius 1 is 1.00 bits per heavy atom. The van der Waals surface area contributed by atoms with Crippen LogP contribution in [0.4, 0.5) is 5.69 Å². The maximum absolute atomic E-state index is 12.7. The molecule has 3 aliphatic rings. The Morgan fingerprint density at radius 2 is 1.67 bits per heavy atom. The summed E-state index contributed by atoms with van der Waals surface area (Å²) in [5.74, 6) is 0.320. The van der Waals surface area contributed by atoms with Gasteiger partial charge in [0.25, 0.3) is 0 Å². The lowest BCUT2D eigenvalue weighted by atomic mass is 9.85. The van der Waals surface area contributed by atoms with E-state index in [4.69, 9.17) is 4.74 Å². The van der Waals surface area contributed by atoms with Crippen molar-refractivity contribution in [1.82, 2.24) is 4.90 Å². The van der Waals surface area contributed by atoms with E-state index >= 15 is 0 Å². The number of hydrogen-bond donors (Lipinski definition) is 1. The molecule has 1 N–H and O–H groups in total. The van der Waals surface area contributed by atoms with Gasteiger partial charge in [-0.25, -0.2) is 0 Å². The van der Waals surface area contributed by atoms with Crippen LogP contribution in [0, 0.1) is 30.6 Å². The Labute approximate surface area is 174 Å². The van der Waals surface area contributed by atoms with Gasteiger partial charge in [-0.15, -0.1) is 0 Å². The Balaban J connectivity index is 1.20. The van der Waals surface area contributed by atoms with Crippen LogP contribution in [-0.2, 0) is 14.4 Å². The first-order chi connectivity index (χ1) is 14.5. The number of imide groups is 1. The number of nitrogens with zero attached hydrogens (tertiary/aromatic N) is 1. The zero-order valence-electron chi connectivity index (χ0n) is 16.6. The zero-order chi connectivity index (χ0) is 20.8. The fourth-order valence-corrected chi connectivity index (χ4v) is 4.89. The van der Waals surface area contributed by atoms with Gasteiger partial charge in [-0.2, -0.15) is 0 Å². The van der Waals surface area contributed by atoms with Crippen LogP contribution in [0.1, 0.15) is 12.0 Å². The maximum Gasteiger partial charge on any atom is 0.244 e. The molecule has 1 saturated carbocycles. The topological polar surface area (TPSA) is 75.7 Å². The average molecular weight is 402 g/mol.